The number of halogens is 2. The van der Waals surface area contributed by atoms with E-state index in [1.165, 1.54) is 5.56 Å². The molecule has 1 N–H and O–H groups in total. The molecule has 4 nitrogen and oxygen atoms in total. The van der Waals surface area contributed by atoms with Gasteiger partial charge in [-0.1, -0.05) is 29.8 Å². The highest BCUT2D eigenvalue weighted by molar-refractivity contribution is 6.33. The zero-order chi connectivity index (χ0) is 14.8. The molecule has 1 aliphatic heterocycles. The Kier molecular flexibility index (Phi) is 5.87. The van der Waals surface area contributed by atoms with Gasteiger partial charge in [0, 0.05) is 56.6 Å². The monoisotopic (exact) mass is 340 g/mol. The first kappa shape index (κ1) is 17.3. The fourth-order valence-corrected chi connectivity index (χ4v) is 3.16. The van der Waals surface area contributed by atoms with E-state index in [0.29, 0.717) is 6.04 Å². The van der Waals surface area contributed by atoms with Gasteiger partial charge in [-0.25, -0.2) is 0 Å². The minimum Gasteiger partial charge on any atom is -0.312 e. The summed E-state index contributed by atoms with van der Waals surface area (Å²) in [6.45, 7) is 6.33. The molecule has 0 unspecified atom stereocenters. The van der Waals surface area contributed by atoms with E-state index in [1.54, 1.807) is 0 Å². The smallest absolute Gasteiger partial charge is 0.0983 e. The highest BCUT2D eigenvalue weighted by atomic mass is 35.5. The van der Waals surface area contributed by atoms with E-state index in [2.05, 4.69) is 28.4 Å². The van der Waals surface area contributed by atoms with Crippen molar-refractivity contribution in [3.63, 3.8) is 0 Å². The van der Waals surface area contributed by atoms with Gasteiger partial charge in [-0.15, -0.1) is 12.4 Å². The Morgan fingerprint density at radius 3 is 2.86 bits per heavy atom. The van der Waals surface area contributed by atoms with Crippen LogP contribution in [0.5, 0.6) is 0 Å². The lowest BCUT2D eigenvalue weighted by Gasteiger charge is -2.31. The van der Waals surface area contributed by atoms with Gasteiger partial charge in [0.15, 0.2) is 0 Å². The lowest BCUT2D eigenvalue weighted by Crippen LogP contribution is -2.48. The summed E-state index contributed by atoms with van der Waals surface area (Å²) in [5.41, 5.74) is 3.24. The first-order valence-corrected chi connectivity index (χ1v) is 7.74. The van der Waals surface area contributed by atoms with Gasteiger partial charge in [0.25, 0.3) is 0 Å². The number of nitrogens with zero attached hydrogens (tertiary/aromatic N) is 3. The quantitative estimate of drug-likeness (QED) is 0.932. The molecule has 6 heteroatoms. The third kappa shape index (κ3) is 3.82. The molecule has 1 atom stereocenters. The van der Waals surface area contributed by atoms with E-state index in [-0.39, 0.29) is 12.4 Å². The normalized spacial score (nSPS) is 19.0. The van der Waals surface area contributed by atoms with Crippen molar-refractivity contribution >= 4 is 24.0 Å². The van der Waals surface area contributed by atoms with Crippen LogP contribution in [0.15, 0.2) is 30.5 Å². The van der Waals surface area contributed by atoms with Crippen molar-refractivity contribution in [3.8, 4) is 11.3 Å². The summed E-state index contributed by atoms with van der Waals surface area (Å²) in [6.07, 6.45) is 2.10. The second-order valence-corrected chi connectivity index (χ2v) is 6.15. The van der Waals surface area contributed by atoms with Crippen LogP contribution in [0, 0.1) is 0 Å². The summed E-state index contributed by atoms with van der Waals surface area (Å²) in [6, 6.07) is 8.45. The fraction of sp³-hybridized carbons (Fsp3) is 0.438. The minimum absolute atomic E-state index is 0. The van der Waals surface area contributed by atoms with Crippen molar-refractivity contribution in [1.82, 2.24) is 20.0 Å². The summed E-state index contributed by atoms with van der Waals surface area (Å²) >= 11 is 6.33. The van der Waals surface area contributed by atoms with E-state index < -0.39 is 0 Å². The number of aryl methyl sites for hydroxylation is 1. The van der Waals surface area contributed by atoms with E-state index in [4.69, 9.17) is 11.6 Å². The molecule has 1 aromatic carbocycles. The van der Waals surface area contributed by atoms with Crippen LogP contribution in [0.2, 0.25) is 5.02 Å². The number of benzene rings is 1. The average Bonchev–Trinajstić information content (AvgIpc) is 2.80. The van der Waals surface area contributed by atoms with Gasteiger partial charge in [-0.2, -0.15) is 5.10 Å². The fourth-order valence-electron chi connectivity index (χ4n) is 2.93. The highest BCUT2D eigenvalue weighted by Crippen LogP contribution is 2.29. The molecule has 1 saturated heterocycles. The zero-order valence-electron chi connectivity index (χ0n) is 12.9. The first-order valence-electron chi connectivity index (χ1n) is 7.36. The lowest BCUT2D eigenvalue weighted by molar-refractivity contribution is 0.200. The van der Waals surface area contributed by atoms with E-state index in [0.717, 1.165) is 42.5 Å². The Balaban J connectivity index is 0.00000176. The molecule has 120 valence electrons. The Labute approximate surface area is 142 Å². The Morgan fingerprint density at radius 2 is 2.14 bits per heavy atom. The summed E-state index contributed by atoms with van der Waals surface area (Å²) in [5, 5.41) is 8.85. The van der Waals surface area contributed by atoms with Gasteiger partial charge >= 0.3 is 0 Å². The van der Waals surface area contributed by atoms with Gasteiger partial charge in [0.2, 0.25) is 0 Å². The molecule has 1 aliphatic rings. The topological polar surface area (TPSA) is 33.1 Å². The molecule has 3 rings (SSSR count). The minimum atomic E-state index is 0. The molecule has 2 heterocycles. The maximum absolute atomic E-state index is 6.33. The number of hydrogen-bond donors (Lipinski definition) is 1. The zero-order valence-corrected chi connectivity index (χ0v) is 14.5. The largest absolute Gasteiger partial charge is 0.312 e. The predicted molar refractivity (Wildman–Crippen MR) is 93.6 cm³/mol. The molecule has 0 amide bonds. The molecule has 0 bridgehead atoms. The van der Waals surface area contributed by atoms with Crippen molar-refractivity contribution in [1.29, 1.82) is 0 Å². The van der Waals surface area contributed by atoms with Crippen LogP contribution in [-0.2, 0) is 13.6 Å². The Bertz CT molecular complexity index is 626. The lowest BCUT2D eigenvalue weighted by atomic mass is 10.1. The van der Waals surface area contributed by atoms with Gasteiger partial charge in [-0.05, 0) is 13.0 Å². The molecule has 22 heavy (non-hydrogen) atoms. The molecule has 0 aliphatic carbocycles. The van der Waals surface area contributed by atoms with Crippen LogP contribution in [0.1, 0.15) is 12.5 Å². The number of nitrogens with one attached hydrogen (secondary N) is 1. The molecule has 2 aromatic rings. The molecule has 0 radical (unpaired) electrons. The maximum atomic E-state index is 6.33. The van der Waals surface area contributed by atoms with Crippen molar-refractivity contribution in [2.45, 2.75) is 19.5 Å². The van der Waals surface area contributed by atoms with Gasteiger partial charge in [0.1, 0.15) is 0 Å². The summed E-state index contributed by atoms with van der Waals surface area (Å²) in [7, 11) is 1.96. The molecular formula is C16H22Cl2N4. The van der Waals surface area contributed by atoms with Crippen molar-refractivity contribution in [2.75, 3.05) is 19.6 Å². The van der Waals surface area contributed by atoms with Crippen LogP contribution in [0.4, 0.5) is 0 Å². The summed E-state index contributed by atoms with van der Waals surface area (Å²) in [4.78, 5) is 2.47. The van der Waals surface area contributed by atoms with Crippen molar-refractivity contribution in [3.05, 3.63) is 41.0 Å². The Morgan fingerprint density at radius 1 is 1.36 bits per heavy atom. The molecule has 0 saturated carbocycles. The van der Waals surface area contributed by atoms with Crippen LogP contribution in [0.25, 0.3) is 11.3 Å². The van der Waals surface area contributed by atoms with E-state index in [1.807, 2.05) is 36.0 Å². The average molecular weight is 341 g/mol. The predicted octanol–water partition coefficient (Wildman–Crippen LogP) is 2.96. The van der Waals surface area contributed by atoms with E-state index >= 15 is 0 Å². The van der Waals surface area contributed by atoms with Crippen LogP contribution in [0.3, 0.4) is 0 Å². The molecule has 1 aromatic heterocycles. The highest BCUT2D eigenvalue weighted by Gasteiger charge is 2.19. The molecule has 0 spiro atoms. The standard InChI is InChI=1S/C16H21ClN4.ClH/c1-12-9-21(8-7-18-12)11-13-10-20(2)19-16(13)14-5-3-4-6-15(14)17;/h3-6,10,12,18H,7-9,11H2,1-2H3;1H/t12-;/m1./s1. The SMILES string of the molecule is C[C@@H]1CN(Cc2cn(C)nc2-c2ccccc2Cl)CCN1.Cl. The van der Waals surface area contributed by atoms with Gasteiger partial charge in [0.05, 0.1) is 10.7 Å². The van der Waals surface area contributed by atoms with Gasteiger partial charge in [-0.3, -0.25) is 9.58 Å². The number of aromatic nitrogens is 2. The summed E-state index contributed by atoms with van der Waals surface area (Å²) in [5.74, 6) is 0. The Hall–Kier alpha value is -1.07. The van der Waals surface area contributed by atoms with Crippen molar-refractivity contribution < 1.29 is 0 Å². The first-order chi connectivity index (χ1) is 10.1. The van der Waals surface area contributed by atoms with Crippen molar-refractivity contribution in [2.24, 2.45) is 7.05 Å². The number of rotatable bonds is 3. The number of piperazine rings is 1. The van der Waals surface area contributed by atoms with Crippen LogP contribution in [-0.4, -0.2) is 40.4 Å². The molecule has 1 fully saturated rings. The van der Waals surface area contributed by atoms with Crippen LogP contribution >= 0.6 is 24.0 Å². The van der Waals surface area contributed by atoms with Crippen LogP contribution < -0.4 is 5.32 Å². The summed E-state index contributed by atoms with van der Waals surface area (Å²) < 4.78 is 1.87. The second-order valence-electron chi connectivity index (χ2n) is 5.75. The third-order valence-corrected chi connectivity index (χ3v) is 4.21. The number of hydrogen-bond acceptors (Lipinski definition) is 3. The maximum Gasteiger partial charge on any atom is 0.0983 e. The second kappa shape index (κ2) is 7.47. The molecular weight excluding hydrogens is 319 g/mol. The third-order valence-electron chi connectivity index (χ3n) is 3.88. The van der Waals surface area contributed by atoms with E-state index in [9.17, 15) is 0 Å². The van der Waals surface area contributed by atoms with Gasteiger partial charge < -0.3 is 5.32 Å².